The van der Waals surface area contributed by atoms with Crippen molar-refractivity contribution < 1.29 is 14.7 Å². The highest BCUT2D eigenvalue weighted by atomic mass is 32.1. The number of rotatable bonds is 5. The molecule has 0 aliphatic heterocycles. The van der Waals surface area contributed by atoms with Crippen LogP contribution in [0.2, 0.25) is 0 Å². The Morgan fingerprint density at radius 2 is 2.11 bits per heavy atom. The number of carboxylic acids is 1. The van der Waals surface area contributed by atoms with Crippen molar-refractivity contribution in [1.29, 1.82) is 0 Å². The molecule has 0 radical (unpaired) electrons. The number of carbonyl (C=O) groups excluding carboxylic acids is 1. The van der Waals surface area contributed by atoms with Crippen molar-refractivity contribution >= 4 is 23.2 Å². The van der Waals surface area contributed by atoms with E-state index >= 15 is 0 Å². The molecule has 0 spiro atoms. The predicted molar refractivity (Wildman–Crippen MR) is 72.2 cm³/mol. The fourth-order valence-corrected chi connectivity index (χ4v) is 3.29. The summed E-state index contributed by atoms with van der Waals surface area (Å²) in [6, 6.07) is 0. The van der Waals surface area contributed by atoms with Crippen molar-refractivity contribution in [2.45, 2.75) is 45.6 Å². The third kappa shape index (κ3) is 3.76. The third-order valence-corrected chi connectivity index (χ3v) is 4.57. The highest BCUT2D eigenvalue weighted by molar-refractivity contribution is 7.13. The summed E-state index contributed by atoms with van der Waals surface area (Å²) >= 11 is 1.13. The van der Waals surface area contributed by atoms with Crippen LogP contribution in [0.25, 0.3) is 0 Å². The summed E-state index contributed by atoms with van der Waals surface area (Å²) in [5.74, 6) is -0.400. The lowest BCUT2D eigenvalue weighted by molar-refractivity contribution is -0.122. The second kappa shape index (κ2) is 6.14. The molecule has 1 saturated carbocycles. The second-order valence-corrected chi connectivity index (χ2v) is 6.04. The van der Waals surface area contributed by atoms with E-state index in [-0.39, 0.29) is 10.8 Å². The lowest BCUT2D eigenvalue weighted by Gasteiger charge is -2.08. The van der Waals surface area contributed by atoms with Crippen molar-refractivity contribution in [2.75, 3.05) is 0 Å². The Hall–Kier alpha value is -1.43. The molecule has 104 valence electrons. The lowest BCUT2D eigenvalue weighted by Crippen LogP contribution is -2.24. The zero-order chi connectivity index (χ0) is 13.8. The van der Waals surface area contributed by atoms with Crippen LogP contribution in [0.4, 0.5) is 0 Å². The normalized spacial score (nSPS) is 15.6. The molecule has 0 bridgehead atoms. The molecule has 6 heteroatoms. The number of thiazole rings is 1. The first-order valence-electron chi connectivity index (χ1n) is 6.52. The summed E-state index contributed by atoms with van der Waals surface area (Å²) in [5.41, 5.74) is 0.512. The van der Waals surface area contributed by atoms with E-state index in [1.165, 1.54) is 12.8 Å². The number of nitrogens with one attached hydrogen (secondary N) is 1. The van der Waals surface area contributed by atoms with Gasteiger partial charge in [-0.15, -0.1) is 11.3 Å². The van der Waals surface area contributed by atoms with Crippen molar-refractivity contribution in [1.82, 2.24) is 10.3 Å². The van der Waals surface area contributed by atoms with Gasteiger partial charge in [-0.25, -0.2) is 9.78 Å². The van der Waals surface area contributed by atoms with Gasteiger partial charge >= 0.3 is 5.97 Å². The van der Waals surface area contributed by atoms with E-state index in [1.807, 2.05) is 0 Å². The van der Waals surface area contributed by atoms with Crippen molar-refractivity contribution in [3.8, 4) is 0 Å². The molecule has 2 N–H and O–H groups in total. The molecule has 1 aromatic rings. The molecule has 1 aliphatic carbocycles. The first kappa shape index (κ1) is 14.0. The van der Waals surface area contributed by atoms with Gasteiger partial charge in [0.15, 0.2) is 0 Å². The summed E-state index contributed by atoms with van der Waals surface area (Å²) in [4.78, 5) is 27.0. The summed E-state index contributed by atoms with van der Waals surface area (Å²) in [6.45, 7) is 1.99. The van der Waals surface area contributed by atoms with E-state index < -0.39 is 5.97 Å². The summed E-state index contributed by atoms with van der Waals surface area (Å²) in [7, 11) is 0. The minimum absolute atomic E-state index is 0.0385. The molecular weight excluding hydrogens is 264 g/mol. The molecule has 5 nitrogen and oxygen atoms in total. The average Bonchev–Trinajstić information content (AvgIpc) is 2.96. The fraction of sp³-hybridized carbons (Fsp3) is 0.615. The Morgan fingerprint density at radius 1 is 1.42 bits per heavy atom. The van der Waals surface area contributed by atoms with Crippen molar-refractivity contribution in [3.05, 3.63) is 15.6 Å². The zero-order valence-corrected chi connectivity index (χ0v) is 11.8. The molecule has 0 saturated heterocycles. The molecular formula is C13H18N2O3S. The van der Waals surface area contributed by atoms with E-state index in [2.05, 4.69) is 10.3 Å². The monoisotopic (exact) mass is 282 g/mol. The van der Waals surface area contributed by atoms with Crippen LogP contribution in [-0.2, 0) is 11.3 Å². The van der Waals surface area contributed by atoms with Gasteiger partial charge in [0, 0.05) is 6.42 Å². The standard InChI is InChI=1S/C13H18N2O3S/c1-8-12(13(17)18)19-11(15-8)7-14-10(16)6-9-4-2-3-5-9/h9H,2-7H2,1H3,(H,14,16)(H,17,18). The van der Waals surface area contributed by atoms with Crippen LogP contribution >= 0.6 is 11.3 Å². The number of aromatic nitrogens is 1. The van der Waals surface area contributed by atoms with Crippen LogP contribution in [0.1, 0.15) is 52.5 Å². The van der Waals surface area contributed by atoms with Crippen molar-refractivity contribution in [2.24, 2.45) is 5.92 Å². The van der Waals surface area contributed by atoms with Gasteiger partial charge in [-0.3, -0.25) is 4.79 Å². The molecule has 1 heterocycles. The van der Waals surface area contributed by atoms with Gasteiger partial charge < -0.3 is 10.4 Å². The minimum atomic E-state index is -0.960. The van der Waals surface area contributed by atoms with Gasteiger partial charge in [0.1, 0.15) is 9.88 Å². The lowest BCUT2D eigenvalue weighted by atomic mass is 10.0. The van der Waals surface area contributed by atoms with Crippen LogP contribution in [0, 0.1) is 12.8 Å². The summed E-state index contributed by atoms with van der Waals surface area (Å²) in [5, 5.41) is 12.4. The predicted octanol–water partition coefficient (Wildman–Crippen LogP) is 2.35. The number of hydrogen-bond donors (Lipinski definition) is 2. The number of hydrogen-bond acceptors (Lipinski definition) is 4. The van der Waals surface area contributed by atoms with Crippen LogP contribution < -0.4 is 5.32 Å². The first-order chi connectivity index (χ1) is 9.06. The van der Waals surface area contributed by atoms with Gasteiger partial charge in [0.25, 0.3) is 0 Å². The number of carboxylic acid groups (broad SMARTS) is 1. The first-order valence-corrected chi connectivity index (χ1v) is 7.34. The summed E-state index contributed by atoms with van der Waals surface area (Å²) < 4.78 is 0. The van der Waals surface area contributed by atoms with Crippen molar-refractivity contribution in [3.63, 3.8) is 0 Å². The molecule has 1 aliphatic rings. The molecule has 0 aromatic carbocycles. The Morgan fingerprint density at radius 3 is 2.68 bits per heavy atom. The van der Waals surface area contributed by atoms with E-state index in [0.717, 1.165) is 24.2 Å². The quantitative estimate of drug-likeness (QED) is 0.868. The van der Waals surface area contributed by atoms with E-state index in [4.69, 9.17) is 5.11 Å². The van der Waals surface area contributed by atoms with Gasteiger partial charge in [0.05, 0.1) is 12.2 Å². The molecule has 1 fully saturated rings. The van der Waals surface area contributed by atoms with Crippen LogP contribution in [-0.4, -0.2) is 22.0 Å². The smallest absolute Gasteiger partial charge is 0.347 e. The third-order valence-electron chi connectivity index (χ3n) is 3.42. The average molecular weight is 282 g/mol. The van der Waals surface area contributed by atoms with Gasteiger partial charge in [-0.05, 0) is 25.7 Å². The van der Waals surface area contributed by atoms with Gasteiger partial charge in [0.2, 0.25) is 5.91 Å². The maximum atomic E-state index is 11.7. The van der Waals surface area contributed by atoms with E-state index in [0.29, 0.717) is 29.6 Å². The van der Waals surface area contributed by atoms with Gasteiger partial charge in [-0.1, -0.05) is 12.8 Å². The SMILES string of the molecule is Cc1nc(CNC(=O)CC2CCCC2)sc1C(=O)O. The highest BCUT2D eigenvalue weighted by Gasteiger charge is 2.19. The topological polar surface area (TPSA) is 79.3 Å². The molecule has 2 rings (SSSR count). The number of aryl methyl sites for hydroxylation is 1. The zero-order valence-electron chi connectivity index (χ0n) is 10.9. The minimum Gasteiger partial charge on any atom is -0.477 e. The number of amides is 1. The van der Waals surface area contributed by atoms with Gasteiger partial charge in [-0.2, -0.15) is 0 Å². The second-order valence-electron chi connectivity index (χ2n) is 4.96. The summed E-state index contributed by atoms with van der Waals surface area (Å²) in [6.07, 6.45) is 5.33. The van der Waals surface area contributed by atoms with Crippen LogP contribution in [0.15, 0.2) is 0 Å². The van der Waals surface area contributed by atoms with Crippen LogP contribution in [0.3, 0.4) is 0 Å². The largest absolute Gasteiger partial charge is 0.477 e. The Labute approximate surface area is 116 Å². The molecule has 19 heavy (non-hydrogen) atoms. The number of nitrogens with zero attached hydrogens (tertiary/aromatic N) is 1. The maximum absolute atomic E-state index is 11.7. The Balaban J connectivity index is 1.82. The van der Waals surface area contributed by atoms with Crippen LogP contribution in [0.5, 0.6) is 0 Å². The van der Waals surface area contributed by atoms with E-state index in [1.54, 1.807) is 6.92 Å². The number of carbonyl (C=O) groups is 2. The molecule has 1 amide bonds. The Bertz CT molecular complexity index is 478. The molecule has 1 aromatic heterocycles. The number of aromatic carboxylic acids is 1. The Kier molecular flexibility index (Phi) is 4.52. The molecule has 0 unspecified atom stereocenters. The molecule has 0 atom stereocenters. The fourth-order valence-electron chi connectivity index (χ4n) is 2.45. The highest BCUT2D eigenvalue weighted by Crippen LogP contribution is 2.27. The van der Waals surface area contributed by atoms with E-state index in [9.17, 15) is 9.59 Å². The maximum Gasteiger partial charge on any atom is 0.347 e.